The molecule has 0 fully saturated rings. The zero-order valence-corrected chi connectivity index (χ0v) is 19.7. The van der Waals surface area contributed by atoms with E-state index in [2.05, 4.69) is 80.0 Å². The lowest BCUT2D eigenvalue weighted by Crippen LogP contribution is -2.18. The molecule has 0 saturated carbocycles. The number of hydrogen-bond donors (Lipinski definition) is 1. The fourth-order valence-electron chi connectivity index (χ4n) is 3.77. The highest BCUT2D eigenvalue weighted by Gasteiger charge is 2.11. The third-order valence-corrected chi connectivity index (χ3v) is 5.71. The smallest absolute Gasteiger partial charge is 0.0858 e. The van der Waals surface area contributed by atoms with Gasteiger partial charge in [-0.1, -0.05) is 50.6 Å². The molecule has 3 aromatic rings. The molecule has 0 saturated heterocycles. The second kappa shape index (κ2) is 11.6. The van der Waals surface area contributed by atoms with E-state index in [-0.39, 0.29) is 0 Å². The number of unbranched alkanes of at least 4 members (excludes halogenated alkanes) is 1. The Hall–Kier alpha value is -2.98. The standard InChI is InChI=1S/C28H36N4/c1-5-10-24(29)11-8-7-9-12-26-19-28(23-13-16-25(6-2)30-20-23)32(31-26)27-17-14-22(15-18-27)21(3)4/h9,12-20,24H,3,5-8,10-11,29H2,1-2,4H3/b12-9+. The number of benzene rings is 1. The summed E-state index contributed by atoms with van der Waals surface area (Å²) in [6, 6.07) is 15.0. The summed E-state index contributed by atoms with van der Waals surface area (Å²) in [4.78, 5) is 4.59. The van der Waals surface area contributed by atoms with Crippen LogP contribution in [0, 0.1) is 0 Å². The highest BCUT2D eigenvalue weighted by atomic mass is 15.3. The normalized spacial score (nSPS) is 12.4. The van der Waals surface area contributed by atoms with Gasteiger partial charge >= 0.3 is 0 Å². The molecule has 1 aromatic carbocycles. The van der Waals surface area contributed by atoms with E-state index < -0.39 is 0 Å². The van der Waals surface area contributed by atoms with Gasteiger partial charge < -0.3 is 5.73 Å². The molecular formula is C28H36N4. The Morgan fingerprint density at radius 2 is 1.91 bits per heavy atom. The molecule has 0 amide bonds. The molecule has 0 bridgehead atoms. The quantitative estimate of drug-likeness (QED) is 0.340. The number of allylic oxidation sites excluding steroid dienone is 2. The van der Waals surface area contributed by atoms with E-state index in [0.717, 1.165) is 78.0 Å². The first kappa shape index (κ1) is 23.7. The minimum atomic E-state index is 0.319. The maximum Gasteiger partial charge on any atom is 0.0858 e. The first-order valence-corrected chi connectivity index (χ1v) is 11.8. The van der Waals surface area contributed by atoms with Crippen LogP contribution in [0.25, 0.3) is 28.6 Å². The maximum absolute atomic E-state index is 6.13. The van der Waals surface area contributed by atoms with E-state index >= 15 is 0 Å². The molecule has 2 heterocycles. The molecule has 32 heavy (non-hydrogen) atoms. The van der Waals surface area contributed by atoms with Crippen molar-refractivity contribution in [1.82, 2.24) is 14.8 Å². The predicted octanol–water partition coefficient (Wildman–Crippen LogP) is 6.84. The van der Waals surface area contributed by atoms with Crippen molar-refractivity contribution in [2.75, 3.05) is 0 Å². The Bertz CT molecular complexity index is 1030. The second-order valence-electron chi connectivity index (χ2n) is 8.47. The van der Waals surface area contributed by atoms with Crippen molar-refractivity contribution in [3.63, 3.8) is 0 Å². The van der Waals surface area contributed by atoms with Crippen molar-refractivity contribution >= 4 is 11.6 Å². The van der Waals surface area contributed by atoms with Crippen molar-refractivity contribution in [3.8, 4) is 16.9 Å². The van der Waals surface area contributed by atoms with Crippen LogP contribution in [0.15, 0.2) is 61.3 Å². The number of aromatic nitrogens is 3. The van der Waals surface area contributed by atoms with Crippen LogP contribution < -0.4 is 5.73 Å². The van der Waals surface area contributed by atoms with Gasteiger partial charge in [0.1, 0.15) is 0 Å². The molecule has 2 aromatic heterocycles. The van der Waals surface area contributed by atoms with Crippen LogP contribution in [0.3, 0.4) is 0 Å². The number of rotatable bonds is 11. The van der Waals surface area contributed by atoms with Gasteiger partial charge in [-0.2, -0.15) is 5.10 Å². The van der Waals surface area contributed by atoms with E-state index in [4.69, 9.17) is 10.8 Å². The summed E-state index contributed by atoms with van der Waals surface area (Å²) >= 11 is 0. The molecule has 4 nitrogen and oxygen atoms in total. The molecule has 168 valence electrons. The van der Waals surface area contributed by atoms with Crippen LogP contribution in [0.1, 0.15) is 69.8 Å². The first-order valence-electron chi connectivity index (χ1n) is 11.8. The van der Waals surface area contributed by atoms with E-state index in [1.807, 2.05) is 17.8 Å². The van der Waals surface area contributed by atoms with Gasteiger partial charge in [0.05, 0.1) is 17.1 Å². The number of pyridine rings is 1. The Morgan fingerprint density at radius 3 is 2.53 bits per heavy atom. The summed E-state index contributed by atoms with van der Waals surface area (Å²) in [6.07, 6.45) is 12.6. The Labute approximate surface area is 192 Å². The number of hydrogen-bond acceptors (Lipinski definition) is 3. The summed E-state index contributed by atoms with van der Waals surface area (Å²) in [5.74, 6) is 0. The first-order chi connectivity index (χ1) is 15.5. The highest BCUT2D eigenvalue weighted by molar-refractivity contribution is 5.66. The number of nitrogens with two attached hydrogens (primary N) is 1. The molecular weight excluding hydrogens is 392 g/mol. The monoisotopic (exact) mass is 428 g/mol. The summed E-state index contributed by atoms with van der Waals surface area (Å²) in [5, 5.41) is 4.89. The van der Waals surface area contributed by atoms with Gasteiger partial charge in [-0.15, -0.1) is 0 Å². The molecule has 0 aliphatic rings. The lowest BCUT2D eigenvalue weighted by molar-refractivity contribution is 0.542. The molecule has 2 N–H and O–H groups in total. The average Bonchev–Trinajstić information content (AvgIpc) is 3.23. The van der Waals surface area contributed by atoms with Crippen molar-refractivity contribution in [2.24, 2.45) is 5.73 Å². The zero-order chi connectivity index (χ0) is 22.9. The zero-order valence-electron chi connectivity index (χ0n) is 19.7. The van der Waals surface area contributed by atoms with E-state index in [9.17, 15) is 0 Å². The largest absolute Gasteiger partial charge is 0.328 e. The van der Waals surface area contributed by atoms with Gasteiger partial charge in [0.2, 0.25) is 0 Å². The summed E-state index contributed by atoms with van der Waals surface area (Å²) < 4.78 is 2.00. The molecule has 3 rings (SSSR count). The summed E-state index contributed by atoms with van der Waals surface area (Å²) in [7, 11) is 0. The highest BCUT2D eigenvalue weighted by Crippen LogP contribution is 2.25. The Morgan fingerprint density at radius 1 is 1.12 bits per heavy atom. The third-order valence-electron chi connectivity index (χ3n) is 5.71. The van der Waals surface area contributed by atoms with Crippen LogP contribution in [0.4, 0.5) is 0 Å². The third kappa shape index (κ3) is 6.27. The minimum absolute atomic E-state index is 0.319. The van der Waals surface area contributed by atoms with E-state index in [0.29, 0.717) is 6.04 Å². The Balaban J connectivity index is 1.84. The number of aryl methyl sites for hydroxylation is 1. The summed E-state index contributed by atoms with van der Waals surface area (Å²) in [5.41, 5.74) is 13.5. The minimum Gasteiger partial charge on any atom is -0.328 e. The maximum atomic E-state index is 6.13. The van der Waals surface area contributed by atoms with Crippen molar-refractivity contribution in [2.45, 2.75) is 65.3 Å². The van der Waals surface area contributed by atoms with E-state index in [1.54, 1.807) is 0 Å². The average molecular weight is 429 g/mol. The fourth-order valence-corrected chi connectivity index (χ4v) is 3.77. The van der Waals surface area contributed by atoms with Crippen LogP contribution in [0.5, 0.6) is 0 Å². The SMILES string of the molecule is C=C(C)c1ccc(-n2nc(/C=C/CCCC(N)CCC)cc2-c2ccc(CC)nc2)cc1. The second-order valence-corrected chi connectivity index (χ2v) is 8.47. The van der Waals surface area contributed by atoms with Gasteiger partial charge in [-0.3, -0.25) is 4.98 Å². The van der Waals surface area contributed by atoms with Crippen molar-refractivity contribution < 1.29 is 0 Å². The van der Waals surface area contributed by atoms with Gasteiger partial charge in [-0.25, -0.2) is 4.68 Å². The van der Waals surface area contributed by atoms with Gasteiger partial charge in [0, 0.05) is 23.5 Å². The van der Waals surface area contributed by atoms with Gasteiger partial charge in [-0.05, 0) is 81.0 Å². The molecule has 1 atom stereocenters. The Kier molecular flexibility index (Phi) is 8.57. The van der Waals surface area contributed by atoms with Crippen molar-refractivity contribution in [1.29, 1.82) is 0 Å². The molecule has 4 heteroatoms. The molecule has 1 unspecified atom stereocenters. The van der Waals surface area contributed by atoms with Crippen LogP contribution in [0.2, 0.25) is 0 Å². The van der Waals surface area contributed by atoms with Crippen LogP contribution >= 0.6 is 0 Å². The summed E-state index contributed by atoms with van der Waals surface area (Å²) in [6.45, 7) is 10.4. The van der Waals surface area contributed by atoms with Crippen LogP contribution in [-0.4, -0.2) is 20.8 Å². The topological polar surface area (TPSA) is 56.7 Å². The van der Waals surface area contributed by atoms with E-state index in [1.165, 1.54) is 0 Å². The lowest BCUT2D eigenvalue weighted by atomic mass is 10.1. The molecule has 0 spiro atoms. The molecule has 0 radical (unpaired) electrons. The van der Waals surface area contributed by atoms with Gasteiger partial charge in [0.25, 0.3) is 0 Å². The number of nitrogens with zero attached hydrogens (tertiary/aromatic N) is 3. The van der Waals surface area contributed by atoms with Crippen molar-refractivity contribution in [3.05, 3.63) is 78.3 Å². The molecule has 0 aliphatic carbocycles. The lowest BCUT2D eigenvalue weighted by Gasteiger charge is -2.09. The predicted molar refractivity (Wildman–Crippen MR) is 137 cm³/mol. The fraction of sp³-hybridized carbons (Fsp3) is 0.357. The molecule has 0 aliphatic heterocycles. The van der Waals surface area contributed by atoms with Crippen LogP contribution in [-0.2, 0) is 6.42 Å². The van der Waals surface area contributed by atoms with Gasteiger partial charge in [0.15, 0.2) is 0 Å².